The lowest BCUT2D eigenvalue weighted by Crippen LogP contribution is -2.35. The number of hydrogen-bond donors (Lipinski definition) is 0. The molecule has 0 atom stereocenters. The predicted molar refractivity (Wildman–Crippen MR) is 81.6 cm³/mol. The highest BCUT2D eigenvalue weighted by molar-refractivity contribution is 9.09. The van der Waals surface area contributed by atoms with E-state index in [1.54, 1.807) is 7.11 Å². The van der Waals surface area contributed by atoms with Crippen LogP contribution in [0.5, 0.6) is 5.75 Å². The van der Waals surface area contributed by atoms with Gasteiger partial charge in [-0.15, -0.1) is 0 Å². The first-order valence-corrected chi connectivity index (χ1v) is 7.80. The molecule has 2 nitrogen and oxygen atoms in total. The van der Waals surface area contributed by atoms with Crippen LogP contribution in [0.25, 0.3) is 0 Å². The maximum absolute atomic E-state index is 5.43. The van der Waals surface area contributed by atoms with Gasteiger partial charge in [0.15, 0.2) is 0 Å². The minimum Gasteiger partial charge on any atom is -0.496 e. The highest BCUT2D eigenvalue weighted by Gasteiger charge is 2.16. The molecular formula is C15H24BrNO. The Bertz CT molecular complexity index is 339. The first-order valence-electron chi connectivity index (χ1n) is 6.68. The van der Waals surface area contributed by atoms with Crippen molar-refractivity contribution in [1.29, 1.82) is 0 Å². The number of para-hydroxylation sites is 1. The van der Waals surface area contributed by atoms with E-state index < -0.39 is 0 Å². The van der Waals surface area contributed by atoms with Crippen LogP contribution in [0.2, 0.25) is 0 Å². The van der Waals surface area contributed by atoms with Crippen molar-refractivity contribution in [2.24, 2.45) is 0 Å². The molecule has 18 heavy (non-hydrogen) atoms. The first-order chi connectivity index (χ1) is 8.76. The van der Waals surface area contributed by atoms with E-state index in [4.69, 9.17) is 4.74 Å². The topological polar surface area (TPSA) is 12.5 Å². The van der Waals surface area contributed by atoms with Crippen LogP contribution in [-0.4, -0.2) is 29.9 Å². The number of benzene rings is 1. The lowest BCUT2D eigenvalue weighted by atomic mass is 10.1. The fraction of sp³-hybridized carbons (Fsp3) is 0.600. The van der Waals surface area contributed by atoms with E-state index in [2.05, 4.69) is 46.8 Å². The second-order valence-corrected chi connectivity index (χ2v) is 5.23. The maximum Gasteiger partial charge on any atom is 0.123 e. The third kappa shape index (κ3) is 4.29. The smallest absolute Gasteiger partial charge is 0.123 e. The largest absolute Gasteiger partial charge is 0.496 e. The Kier molecular flexibility index (Phi) is 7.36. The number of nitrogens with zero attached hydrogens (tertiary/aromatic N) is 1. The first kappa shape index (κ1) is 15.5. The van der Waals surface area contributed by atoms with Gasteiger partial charge >= 0.3 is 0 Å². The number of hydrogen-bond acceptors (Lipinski definition) is 2. The third-order valence-corrected chi connectivity index (χ3v) is 3.75. The Morgan fingerprint density at radius 3 is 2.44 bits per heavy atom. The summed E-state index contributed by atoms with van der Waals surface area (Å²) in [7, 11) is 1.74. The van der Waals surface area contributed by atoms with Crippen molar-refractivity contribution in [3.8, 4) is 5.75 Å². The zero-order valence-corrected chi connectivity index (χ0v) is 13.2. The molecule has 0 heterocycles. The zero-order valence-electron chi connectivity index (χ0n) is 11.7. The average molecular weight is 314 g/mol. The molecule has 0 spiro atoms. The molecule has 0 saturated carbocycles. The number of rotatable bonds is 8. The maximum atomic E-state index is 5.43. The van der Waals surface area contributed by atoms with Gasteiger partial charge in [-0.3, -0.25) is 4.90 Å². The van der Waals surface area contributed by atoms with Gasteiger partial charge in [0.2, 0.25) is 0 Å². The summed E-state index contributed by atoms with van der Waals surface area (Å²) in [5, 5.41) is 1.01. The molecule has 0 radical (unpaired) electrons. The Hall–Kier alpha value is -0.540. The van der Waals surface area contributed by atoms with Gasteiger partial charge in [0.25, 0.3) is 0 Å². The van der Waals surface area contributed by atoms with E-state index in [1.165, 1.54) is 18.4 Å². The van der Waals surface area contributed by atoms with E-state index in [0.29, 0.717) is 6.04 Å². The van der Waals surface area contributed by atoms with Crippen molar-refractivity contribution in [1.82, 2.24) is 4.90 Å². The summed E-state index contributed by atoms with van der Waals surface area (Å²) in [5.74, 6) is 0.989. The van der Waals surface area contributed by atoms with Crippen LogP contribution in [0.1, 0.15) is 32.3 Å². The molecular weight excluding hydrogens is 290 g/mol. The van der Waals surface area contributed by atoms with Crippen molar-refractivity contribution in [3.63, 3.8) is 0 Å². The molecule has 0 aliphatic rings. The summed E-state index contributed by atoms with van der Waals surface area (Å²) in [6, 6.07) is 8.94. The van der Waals surface area contributed by atoms with Crippen LogP contribution in [0.4, 0.5) is 0 Å². The summed E-state index contributed by atoms with van der Waals surface area (Å²) in [4.78, 5) is 2.53. The molecule has 0 fully saturated rings. The molecule has 0 bridgehead atoms. The highest BCUT2D eigenvalue weighted by Crippen LogP contribution is 2.21. The fourth-order valence-corrected chi connectivity index (χ4v) is 2.81. The van der Waals surface area contributed by atoms with Crippen LogP contribution in [0, 0.1) is 0 Å². The summed E-state index contributed by atoms with van der Waals surface area (Å²) in [6.45, 7) is 6.56. The van der Waals surface area contributed by atoms with Gasteiger partial charge in [-0.1, -0.05) is 48.0 Å². The lowest BCUT2D eigenvalue weighted by molar-refractivity contribution is 0.187. The van der Waals surface area contributed by atoms with Gasteiger partial charge < -0.3 is 4.74 Å². The Labute approximate surface area is 119 Å². The average Bonchev–Trinajstić information content (AvgIpc) is 2.41. The van der Waals surface area contributed by atoms with Crippen molar-refractivity contribution >= 4 is 15.9 Å². The van der Waals surface area contributed by atoms with Gasteiger partial charge in [-0.05, 0) is 18.9 Å². The zero-order chi connectivity index (χ0) is 13.4. The monoisotopic (exact) mass is 313 g/mol. The molecule has 0 amide bonds. The van der Waals surface area contributed by atoms with Crippen molar-refractivity contribution in [3.05, 3.63) is 29.8 Å². The molecule has 1 aromatic rings. The predicted octanol–water partition coefficient (Wildman–Crippen LogP) is 4.08. The number of methoxy groups -OCH3 is 1. The molecule has 0 unspecified atom stereocenters. The lowest BCUT2D eigenvalue weighted by Gasteiger charge is -2.30. The summed E-state index contributed by atoms with van der Waals surface area (Å²) in [6.07, 6.45) is 2.39. The molecule has 0 N–H and O–H groups in total. The van der Waals surface area contributed by atoms with E-state index in [0.717, 1.165) is 24.2 Å². The second kappa shape index (κ2) is 8.54. The van der Waals surface area contributed by atoms with Crippen molar-refractivity contribution in [2.75, 3.05) is 19.0 Å². The van der Waals surface area contributed by atoms with E-state index in [-0.39, 0.29) is 0 Å². The Morgan fingerprint density at radius 1 is 1.22 bits per heavy atom. The fourth-order valence-electron chi connectivity index (χ4n) is 2.36. The van der Waals surface area contributed by atoms with Gasteiger partial charge in [-0.2, -0.15) is 0 Å². The van der Waals surface area contributed by atoms with Gasteiger partial charge in [0.1, 0.15) is 5.75 Å². The Balaban J connectivity index is 2.81. The SMILES string of the molecule is CCC(CC)N(CCBr)Cc1ccccc1OC. The quantitative estimate of drug-likeness (QED) is 0.670. The number of halogens is 1. The standard InChI is InChI=1S/C15H24BrNO/c1-4-14(5-2)17(11-10-16)12-13-8-6-7-9-15(13)18-3/h6-9,14H,4-5,10-12H2,1-3H3. The molecule has 0 aliphatic carbocycles. The minimum absolute atomic E-state index is 0.646. The molecule has 1 aromatic carbocycles. The number of ether oxygens (including phenoxy) is 1. The van der Waals surface area contributed by atoms with Crippen LogP contribution in [0.3, 0.4) is 0 Å². The van der Waals surface area contributed by atoms with Crippen LogP contribution in [0.15, 0.2) is 24.3 Å². The van der Waals surface area contributed by atoms with Crippen molar-refractivity contribution in [2.45, 2.75) is 39.3 Å². The summed E-state index contributed by atoms with van der Waals surface area (Å²) in [5.41, 5.74) is 1.27. The number of alkyl halides is 1. The molecule has 1 rings (SSSR count). The highest BCUT2D eigenvalue weighted by atomic mass is 79.9. The van der Waals surface area contributed by atoms with E-state index >= 15 is 0 Å². The molecule has 102 valence electrons. The van der Waals surface area contributed by atoms with Gasteiger partial charge in [0.05, 0.1) is 7.11 Å². The third-order valence-electron chi connectivity index (χ3n) is 3.40. The molecule has 0 aliphatic heterocycles. The van der Waals surface area contributed by atoms with Crippen molar-refractivity contribution < 1.29 is 4.74 Å². The van der Waals surface area contributed by atoms with Crippen LogP contribution >= 0.6 is 15.9 Å². The van der Waals surface area contributed by atoms with Crippen LogP contribution in [-0.2, 0) is 6.54 Å². The van der Waals surface area contributed by atoms with Gasteiger partial charge in [0, 0.05) is 30.0 Å². The molecule has 3 heteroatoms. The van der Waals surface area contributed by atoms with E-state index in [1.807, 2.05) is 12.1 Å². The van der Waals surface area contributed by atoms with E-state index in [9.17, 15) is 0 Å². The minimum atomic E-state index is 0.646. The van der Waals surface area contributed by atoms with Crippen LogP contribution < -0.4 is 4.74 Å². The second-order valence-electron chi connectivity index (χ2n) is 4.44. The Morgan fingerprint density at radius 2 is 1.89 bits per heavy atom. The summed E-state index contributed by atoms with van der Waals surface area (Å²) < 4.78 is 5.43. The molecule has 0 aromatic heterocycles. The van der Waals surface area contributed by atoms with Gasteiger partial charge in [-0.25, -0.2) is 0 Å². The normalized spacial score (nSPS) is 11.2. The molecule has 0 saturated heterocycles. The summed E-state index contributed by atoms with van der Waals surface area (Å²) >= 11 is 3.55.